The molecule has 5 heteroatoms. The highest BCUT2D eigenvalue weighted by molar-refractivity contribution is 5.80. The zero-order valence-electron chi connectivity index (χ0n) is 10.7. The van der Waals surface area contributed by atoms with Crippen LogP contribution in [0.15, 0.2) is 0 Å². The van der Waals surface area contributed by atoms with Crippen molar-refractivity contribution < 1.29 is 9.63 Å². The molecule has 0 aromatic rings. The Morgan fingerprint density at radius 1 is 1.41 bits per heavy atom. The third kappa shape index (κ3) is 3.40. The number of hydroxylamine groups is 1. The van der Waals surface area contributed by atoms with Gasteiger partial charge in [-0.25, -0.2) is 5.48 Å². The molecule has 1 amide bonds. The van der Waals surface area contributed by atoms with Gasteiger partial charge in [-0.2, -0.15) is 0 Å². The average Bonchev–Trinajstić information content (AvgIpc) is 2.78. The number of rotatable bonds is 3. The maximum absolute atomic E-state index is 12.0. The molecule has 0 saturated carbocycles. The lowest BCUT2D eigenvalue weighted by Gasteiger charge is -2.34. The number of carbonyl (C=O) groups is 1. The highest BCUT2D eigenvalue weighted by atomic mass is 16.7. The molecule has 2 N–H and O–H groups in total. The fourth-order valence-corrected chi connectivity index (χ4v) is 2.64. The summed E-state index contributed by atoms with van der Waals surface area (Å²) in [5, 5.41) is 3.20. The Hall–Kier alpha value is -0.650. The lowest BCUT2D eigenvalue weighted by Crippen LogP contribution is -2.50. The molecule has 17 heavy (non-hydrogen) atoms. The fourth-order valence-electron chi connectivity index (χ4n) is 2.64. The number of nitrogens with zero attached hydrogens (tertiary/aromatic N) is 1. The second-order valence-corrected chi connectivity index (χ2v) is 5.34. The van der Waals surface area contributed by atoms with Crippen LogP contribution in [0, 0.1) is 5.92 Å². The molecule has 2 saturated heterocycles. The second-order valence-electron chi connectivity index (χ2n) is 5.34. The smallest absolute Gasteiger partial charge is 0.260 e. The molecule has 0 spiro atoms. The monoisotopic (exact) mass is 241 g/mol. The van der Waals surface area contributed by atoms with Crippen molar-refractivity contribution in [2.24, 2.45) is 5.92 Å². The van der Waals surface area contributed by atoms with Crippen molar-refractivity contribution in [3.63, 3.8) is 0 Å². The van der Waals surface area contributed by atoms with Gasteiger partial charge in [0.15, 0.2) is 0 Å². The van der Waals surface area contributed by atoms with Crippen molar-refractivity contribution in [3.05, 3.63) is 0 Å². The summed E-state index contributed by atoms with van der Waals surface area (Å²) in [4.78, 5) is 19.5. The number of likely N-dealkylation sites (tertiary alicyclic amines) is 1. The van der Waals surface area contributed by atoms with E-state index in [4.69, 9.17) is 4.84 Å². The lowest BCUT2D eigenvalue weighted by atomic mass is 9.94. The molecule has 98 valence electrons. The van der Waals surface area contributed by atoms with E-state index in [0.29, 0.717) is 5.92 Å². The van der Waals surface area contributed by atoms with Crippen LogP contribution in [-0.2, 0) is 9.63 Å². The minimum atomic E-state index is -0.0273. The van der Waals surface area contributed by atoms with Gasteiger partial charge in [0.2, 0.25) is 0 Å². The summed E-state index contributed by atoms with van der Waals surface area (Å²) in [6.45, 7) is 5.02. The number of likely N-dealkylation sites (N-methyl/N-ethyl adjacent to an activating group) is 1. The Kier molecular flexibility index (Phi) is 4.36. The molecule has 2 rings (SSSR count). The molecule has 0 bridgehead atoms. The molecule has 0 radical (unpaired) electrons. The molecule has 2 fully saturated rings. The predicted molar refractivity (Wildman–Crippen MR) is 65.3 cm³/mol. The van der Waals surface area contributed by atoms with Gasteiger partial charge < -0.3 is 5.32 Å². The standard InChI is InChI=1S/C12H23N3O2/c1-9-3-4-11(15(2)8-9)12(16)14-17-10-5-6-13-7-10/h9-11,13H,3-8H2,1-2H3,(H,14,16)/t9-,10+,11+/m1/s1. The molecular weight excluding hydrogens is 218 g/mol. The number of amides is 1. The van der Waals surface area contributed by atoms with Gasteiger partial charge >= 0.3 is 0 Å². The number of carbonyl (C=O) groups excluding carboxylic acids is 1. The molecule has 5 nitrogen and oxygen atoms in total. The van der Waals surface area contributed by atoms with Gasteiger partial charge in [0.25, 0.3) is 5.91 Å². The van der Waals surface area contributed by atoms with Crippen molar-refractivity contribution >= 4 is 5.91 Å². The van der Waals surface area contributed by atoms with Gasteiger partial charge in [-0.1, -0.05) is 6.92 Å². The highest BCUT2D eigenvalue weighted by Crippen LogP contribution is 2.20. The minimum Gasteiger partial charge on any atom is -0.314 e. The summed E-state index contributed by atoms with van der Waals surface area (Å²) in [7, 11) is 2.01. The number of piperidine rings is 1. The molecule has 2 aliphatic rings. The third-order valence-corrected chi connectivity index (χ3v) is 3.71. The zero-order chi connectivity index (χ0) is 12.3. The Morgan fingerprint density at radius 3 is 2.88 bits per heavy atom. The molecule has 0 aliphatic carbocycles. The average molecular weight is 241 g/mol. The van der Waals surface area contributed by atoms with Crippen molar-refractivity contribution in [1.82, 2.24) is 15.7 Å². The maximum Gasteiger partial charge on any atom is 0.260 e. The van der Waals surface area contributed by atoms with E-state index in [1.807, 2.05) is 7.05 Å². The summed E-state index contributed by atoms with van der Waals surface area (Å²) in [5.74, 6) is 0.690. The summed E-state index contributed by atoms with van der Waals surface area (Å²) < 4.78 is 0. The highest BCUT2D eigenvalue weighted by Gasteiger charge is 2.29. The first-order chi connectivity index (χ1) is 8.16. The number of hydrogen-bond donors (Lipinski definition) is 2. The van der Waals surface area contributed by atoms with Gasteiger partial charge in [0.05, 0.1) is 12.1 Å². The fraction of sp³-hybridized carbons (Fsp3) is 0.917. The number of hydrogen-bond acceptors (Lipinski definition) is 4. The van der Waals surface area contributed by atoms with Gasteiger partial charge in [-0.3, -0.25) is 14.5 Å². The number of nitrogens with one attached hydrogen (secondary N) is 2. The Morgan fingerprint density at radius 2 is 2.24 bits per heavy atom. The van der Waals surface area contributed by atoms with E-state index >= 15 is 0 Å². The van der Waals surface area contributed by atoms with Crippen molar-refractivity contribution in [2.75, 3.05) is 26.7 Å². The van der Waals surface area contributed by atoms with Gasteiger partial charge in [-0.05, 0) is 38.8 Å². The van der Waals surface area contributed by atoms with Crippen molar-refractivity contribution in [3.8, 4) is 0 Å². The van der Waals surface area contributed by atoms with Crippen LogP contribution in [0.5, 0.6) is 0 Å². The minimum absolute atomic E-state index is 0.00583. The van der Waals surface area contributed by atoms with E-state index in [9.17, 15) is 4.79 Å². The summed E-state index contributed by atoms with van der Waals surface area (Å²) in [6, 6.07) is -0.0273. The van der Waals surface area contributed by atoms with Gasteiger partial charge in [0, 0.05) is 13.1 Å². The zero-order valence-corrected chi connectivity index (χ0v) is 10.7. The molecule has 2 heterocycles. The maximum atomic E-state index is 12.0. The first-order valence-corrected chi connectivity index (χ1v) is 6.53. The molecule has 0 aromatic carbocycles. The first-order valence-electron chi connectivity index (χ1n) is 6.53. The third-order valence-electron chi connectivity index (χ3n) is 3.71. The quantitative estimate of drug-likeness (QED) is 0.690. The van der Waals surface area contributed by atoms with Gasteiger partial charge in [0.1, 0.15) is 0 Å². The first kappa shape index (κ1) is 12.8. The Labute approximate surface area is 103 Å². The summed E-state index contributed by atoms with van der Waals surface area (Å²) in [6.07, 6.45) is 3.15. The van der Waals surface area contributed by atoms with Gasteiger partial charge in [-0.15, -0.1) is 0 Å². The van der Waals surface area contributed by atoms with Crippen LogP contribution in [-0.4, -0.2) is 49.6 Å². The van der Waals surface area contributed by atoms with E-state index in [1.165, 1.54) is 0 Å². The van der Waals surface area contributed by atoms with E-state index < -0.39 is 0 Å². The van der Waals surface area contributed by atoms with Crippen LogP contribution in [0.3, 0.4) is 0 Å². The van der Waals surface area contributed by atoms with Crippen LogP contribution >= 0.6 is 0 Å². The van der Waals surface area contributed by atoms with Crippen molar-refractivity contribution in [2.45, 2.75) is 38.3 Å². The van der Waals surface area contributed by atoms with E-state index in [1.54, 1.807) is 0 Å². The molecule has 0 unspecified atom stereocenters. The molecule has 0 aromatic heterocycles. The topological polar surface area (TPSA) is 53.6 Å². The summed E-state index contributed by atoms with van der Waals surface area (Å²) >= 11 is 0. The molecule has 3 atom stereocenters. The predicted octanol–water partition coefficient (Wildman–Crippen LogP) is 0.126. The Balaban J connectivity index is 1.74. The normalized spacial score (nSPS) is 34.8. The van der Waals surface area contributed by atoms with Crippen LogP contribution in [0.4, 0.5) is 0 Å². The lowest BCUT2D eigenvalue weighted by molar-refractivity contribution is -0.144. The van der Waals surface area contributed by atoms with Crippen LogP contribution in [0.2, 0.25) is 0 Å². The SMILES string of the molecule is C[C@@H]1CC[C@@H](C(=O)NO[C@H]2CCNC2)N(C)C1. The largest absolute Gasteiger partial charge is 0.314 e. The summed E-state index contributed by atoms with van der Waals surface area (Å²) in [5.41, 5.74) is 2.62. The molecular formula is C12H23N3O2. The molecule has 2 aliphatic heterocycles. The van der Waals surface area contributed by atoms with E-state index in [0.717, 1.165) is 38.9 Å². The van der Waals surface area contributed by atoms with E-state index in [2.05, 4.69) is 22.6 Å². The van der Waals surface area contributed by atoms with E-state index in [-0.39, 0.29) is 18.1 Å². The van der Waals surface area contributed by atoms with Crippen LogP contribution < -0.4 is 10.8 Å². The van der Waals surface area contributed by atoms with Crippen molar-refractivity contribution in [1.29, 1.82) is 0 Å². The second kappa shape index (κ2) is 5.80. The Bertz CT molecular complexity index is 266. The van der Waals surface area contributed by atoms with Crippen LogP contribution in [0.1, 0.15) is 26.2 Å². The van der Waals surface area contributed by atoms with Crippen LogP contribution in [0.25, 0.3) is 0 Å².